The van der Waals surface area contributed by atoms with Crippen LogP contribution in [-0.2, 0) is 50.3 Å². The maximum absolute atomic E-state index is 12.1. The van der Waals surface area contributed by atoms with Gasteiger partial charge in [-0.25, -0.2) is 0 Å². The third-order valence-corrected chi connectivity index (χ3v) is 3.67. The molecule has 2 aromatic carbocycles. The van der Waals surface area contributed by atoms with E-state index in [1.54, 1.807) is 18.3 Å². The minimum absolute atomic E-state index is 0. The summed E-state index contributed by atoms with van der Waals surface area (Å²) in [6, 6.07) is 25.2. The van der Waals surface area contributed by atoms with E-state index in [9.17, 15) is 4.79 Å². The van der Waals surface area contributed by atoms with E-state index in [1.165, 1.54) is 0 Å². The van der Waals surface area contributed by atoms with Gasteiger partial charge in [0.1, 0.15) is 5.78 Å². The predicted molar refractivity (Wildman–Crippen MR) is 95.1 cm³/mol. The number of ketones is 1. The topological polar surface area (TPSA) is 42.0 Å². The van der Waals surface area contributed by atoms with E-state index in [-0.39, 0.29) is 38.5 Å². The molecule has 3 aromatic rings. The maximum atomic E-state index is 12.1. The van der Waals surface area contributed by atoms with Crippen molar-refractivity contribution < 1.29 is 37.5 Å². The predicted octanol–water partition coefficient (Wildman–Crippen LogP) is 4.17. The molecule has 0 amide bonds. The molecule has 1 N–H and O–H groups in total. The van der Waals surface area contributed by atoms with Crippen LogP contribution in [0.25, 0.3) is 0 Å². The van der Waals surface area contributed by atoms with Crippen molar-refractivity contribution >= 4 is 17.3 Å². The zero-order chi connectivity index (χ0) is 16.6. The first-order chi connectivity index (χ1) is 11.8. The Labute approximate surface area is 173 Å². The van der Waals surface area contributed by atoms with Crippen LogP contribution >= 0.6 is 0 Å². The summed E-state index contributed by atoms with van der Waals surface area (Å²) >= 11 is 0. The van der Waals surface area contributed by atoms with E-state index >= 15 is 0 Å². The minimum atomic E-state index is 0. The summed E-state index contributed by atoms with van der Waals surface area (Å²) < 4.78 is 0. The van der Waals surface area contributed by atoms with Crippen LogP contribution in [0.3, 0.4) is 0 Å². The summed E-state index contributed by atoms with van der Waals surface area (Å²) in [6.07, 6.45) is 3.44. The van der Waals surface area contributed by atoms with Gasteiger partial charge in [0.05, 0.1) is 0 Å². The molecular weight excluding hydrogens is 385 g/mol. The van der Waals surface area contributed by atoms with Gasteiger partial charge >= 0.3 is 0 Å². The molecule has 1 radical (unpaired) electrons. The summed E-state index contributed by atoms with van der Waals surface area (Å²) in [6.45, 7) is 0. The van der Waals surface area contributed by atoms with Crippen molar-refractivity contribution in [2.45, 2.75) is 19.3 Å². The van der Waals surface area contributed by atoms with Crippen molar-refractivity contribution in [3.8, 4) is 0 Å². The fraction of sp³-hybridized carbons (Fsp3) is 0.143. The molecule has 0 saturated carbocycles. The number of aromatic nitrogens is 1. The van der Waals surface area contributed by atoms with Gasteiger partial charge in [0.15, 0.2) is 0 Å². The monoisotopic (exact) mass is 403 g/mol. The fourth-order valence-corrected chi connectivity index (χ4v) is 2.49. The van der Waals surface area contributed by atoms with Gasteiger partial charge in [0, 0.05) is 50.6 Å². The molecule has 3 nitrogen and oxygen atoms in total. The molecule has 0 fully saturated rings. The number of nitrogens with zero attached hydrogens (tertiary/aromatic N) is 1. The third-order valence-electron chi connectivity index (χ3n) is 3.67. The van der Waals surface area contributed by atoms with Crippen LogP contribution in [0.2, 0.25) is 0 Å². The number of hydrogen-bond acceptors (Lipinski definition) is 3. The Kier molecular flexibility index (Phi) is 7.97. The molecule has 0 atom stereocenters. The average molecular weight is 403 g/mol. The van der Waals surface area contributed by atoms with Gasteiger partial charge in [-0.3, -0.25) is 0 Å². The number of hydrogen-bond donors (Lipinski definition) is 1. The quantitative estimate of drug-likeness (QED) is 0.603. The van der Waals surface area contributed by atoms with Gasteiger partial charge < -0.3 is 15.1 Å². The molecule has 0 aliphatic heterocycles. The molecule has 0 saturated heterocycles. The molecular formula is C21H18N2OY-2. The zero-order valence-corrected chi connectivity index (χ0v) is 16.7. The molecule has 0 bridgehead atoms. The summed E-state index contributed by atoms with van der Waals surface area (Å²) in [5.74, 6) is 0.998. The van der Waals surface area contributed by atoms with E-state index in [0.29, 0.717) is 12.8 Å². The Morgan fingerprint density at radius 3 is 2.64 bits per heavy atom. The van der Waals surface area contributed by atoms with E-state index in [4.69, 9.17) is 0 Å². The Hall–Kier alpha value is -1.84. The first kappa shape index (κ1) is 19.5. The van der Waals surface area contributed by atoms with Crippen molar-refractivity contribution in [1.29, 1.82) is 0 Å². The summed E-state index contributed by atoms with van der Waals surface area (Å²) in [5, 5.41) is 3.24. The first-order valence-corrected chi connectivity index (χ1v) is 7.94. The van der Waals surface area contributed by atoms with Crippen molar-refractivity contribution in [2.24, 2.45) is 0 Å². The number of anilines is 2. The largest absolute Gasteiger partial charge is 0.393 e. The Morgan fingerprint density at radius 2 is 1.88 bits per heavy atom. The molecule has 0 aliphatic rings. The number of carbonyl (C=O) groups is 1. The molecule has 3 rings (SSSR count). The fourth-order valence-electron chi connectivity index (χ4n) is 2.49. The number of aryl methyl sites for hydroxylation is 1. The van der Waals surface area contributed by atoms with Gasteiger partial charge in [-0.2, -0.15) is 42.5 Å². The van der Waals surface area contributed by atoms with Crippen molar-refractivity contribution in [1.82, 2.24) is 4.98 Å². The molecule has 25 heavy (non-hydrogen) atoms. The standard InChI is InChI=1S/C21H18N2O.Y/c24-20(16-17-7-2-1-3-8-17)13-12-18-9-6-10-19(15-18)23-21-11-4-5-14-22-21;/h1-2,5-11,14-15H,12-13,16H2,(H,22,23);/q-2;. The normalized spacial score (nSPS) is 9.92. The second kappa shape index (κ2) is 10.2. The summed E-state index contributed by atoms with van der Waals surface area (Å²) in [4.78, 5) is 16.3. The van der Waals surface area contributed by atoms with Crippen LogP contribution in [0.4, 0.5) is 11.5 Å². The van der Waals surface area contributed by atoms with E-state index in [2.05, 4.69) is 28.5 Å². The van der Waals surface area contributed by atoms with Gasteiger partial charge in [-0.1, -0.05) is 18.3 Å². The third kappa shape index (κ3) is 6.52. The number of Topliss-reactive ketones (excluding diaryl/α,β-unsaturated/α-hetero) is 1. The summed E-state index contributed by atoms with van der Waals surface area (Å²) in [5.41, 5.74) is 3.11. The molecule has 1 aromatic heterocycles. The molecule has 123 valence electrons. The SMILES string of the molecule is O=C(CCc1cccc(Nc2c[c-]ccn2)c1)Cc1c[c-]ccc1.[Y]. The molecule has 0 aliphatic carbocycles. The zero-order valence-electron chi connectivity index (χ0n) is 13.9. The van der Waals surface area contributed by atoms with E-state index < -0.39 is 0 Å². The Balaban J connectivity index is 0.00000225. The summed E-state index contributed by atoms with van der Waals surface area (Å²) in [7, 11) is 0. The van der Waals surface area contributed by atoms with Crippen LogP contribution in [0.15, 0.2) is 66.9 Å². The minimum Gasteiger partial charge on any atom is -0.393 e. The van der Waals surface area contributed by atoms with Gasteiger partial charge in [0.2, 0.25) is 0 Å². The Bertz CT molecular complexity index is 791. The number of nitrogens with one attached hydrogen (secondary N) is 1. The van der Waals surface area contributed by atoms with Crippen molar-refractivity contribution in [3.05, 3.63) is 90.1 Å². The number of benzene rings is 2. The van der Waals surface area contributed by atoms with Crippen molar-refractivity contribution in [3.63, 3.8) is 0 Å². The number of pyridine rings is 1. The molecule has 0 spiro atoms. The average Bonchev–Trinajstić information content (AvgIpc) is 2.62. The number of carbonyl (C=O) groups excluding carboxylic acids is 1. The van der Waals surface area contributed by atoms with E-state index in [0.717, 1.165) is 29.1 Å². The van der Waals surface area contributed by atoms with Gasteiger partial charge in [0.25, 0.3) is 0 Å². The molecule has 1 heterocycles. The van der Waals surface area contributed by atoms with Crippen LogP contribution in [0.5, 0.6) is 0 Å². The molecule has 0 unspecified atom stereocenters. The molecule has 4 heteroatoms. The second-order valence-electron chi connectivity index (χ2n) is 5.59. The van der Waals surface area contributed by atoms with Crippen LogP contribution in [0, 0.1) is 12.1 Å². The maximum Gasteiger partial charge on any atom is 0.126 e. The Morgan fingerprint density at radius 1 is 1.04 bits per heavy atom. The van der Waals surface area contributed by atoms with E-state index in [1.807, 2.05) is 42.5 Å². The van der Waals surface area contributed by atoms with Crippen LogP contribution in [-0.4, -0.2) is 10.8 Å². The van der Waals surface area contributed by atoms with Gasteiger partial charge in [-0.05, 0) is 30.5 Å². The van der Waals surface area contributed by atoms with Crippen LogP contribution < -0.4 is 5.32 Å². The van der Waals surface area contributed by atoms with Crippen molar-refractivity contribution in [2.75, 3.05) is 5.32 Å². The second-order valence-corrected chi connectivity index (χ2v) is 5.59. The first-order valence-electron chi connectivity index (χ1n) is 7.94. The smallest absolute Gasteiger partial charge is 0.126 e. The van der Waals surface area contributed by atoms with Crippen LogP contribution in [0.1, 0.15) is 17.5 Å². The number of rotatable bonds is 7. The van der Waals surface area contributed by atoms with Gasteiger partial charge in [-0.15, -0.1) is 11.6 Å².